The molecule has 0 aliphatic heterocycles. The van der Waals surface area contributed by atoms with Gasteiger partial charge in [-0.3, -0.25) is 0 Å². The van der Waals surface area contributed by atoms with Gasteiger partial charge in [-0.05, 0) is 74.0 Å². The van der Waals surface area contributed by atoms with Crippen molar-refractivity contribution in [1.29, 1.82) is 0 Å². The monoisotopic (exact) mass is 376 g/mol. The van der Waals surface area contributed by atoms with E-state index in [1.54, 1.807) is 5.57 Å². The van der Waals surface area contributed by atoms with Crippen LogP contribution in [0.3, 0.4) is 0 Å². The SMILES string of the molecule is CCC(CC=C(CCC(C)C)CC1CCC(C)CC1)C(C)CCCC(C)C. The van der Waals surface area contributed by atoms with Crippen molar-refractivity contribution >= 4 is 0 Å². The van der Waals surface area contributed by atoms with E-state index in [9.17, 15) is 0 Å². The van der Waals surface area contributed by atoms with Crippen LogP contribution in [0.25, 0.3) is 0 Å². The van der Waals surface area contributed by atoms with Gasteiger partial charge in [0.2, 0.25) is 0 Å². The van der Waals surface area contributed by atoms with Crippen molar-refractivity contribution in [3.05, 3.63) is 11.6 Å². The molecule has 1 rings (SSSR count). The van der Waals surface area contributed by atoms with E-state index in [2.05, 4.69) is 54.5 Å². The Morgan fingerprint density at radius 3 is 2.07 bits per heavy atom. The maximum absolute atomic E-state index is 2.70. The van der Waals surface area contributed by atoms with Gasteiger partial charge in [-0.15, -0.1) is 0 Å². The fourth-order valence-electron chi connectivity index (χ4n) is 4.87. The van der Waals surface area contributed by atoms with Gasteiger partial charge in [0.1, 0.15) is 0 Å². The molecular weight excluding hydrogens is 324 g/mol. The highest BCUT2D eigenvalue weighted by Crippen LogP contribution is 2.34. The largest absolute Gasteiger partial charge is 0.0850 e. The zero-order chi connectivity index (χ0) is 20.2. The van der Waals surface area contributed by atoms with Crippen LogP contribution in [0.5, 0.6) is 0 Å². The van der Waals surface area contributed by atoms with Gasteiger partial charge in [0, 0.05) is 0 Å². The standard InChI is InChI=1S/C27H52/c1-8-27(24(7)11-9-10-21(2)3)19-18-25(15-12-22(4)5)20-26-16-13-23(6)14-17-26/h18,21-24,26-27H,8-17,19-20H2,1-7H3. The van der Waals surface area contributed by atoms with E-state index in [4.69, 9.17) is 0 Å². The van der Waals surface area contributed by atoms with Crippen molar-refractivity contribution in [2.75, 3.05) is 0 Å². The molecule has 0 aromatic carbocycles. The van der Waals surface area contributed by atoms with Gasteiger partial charge in [-0.2, -0.15) is 0 Å². The van der Waals surface area contributed by atoms with Crippen molar-refractivity contribution in [2.24, 2.45) is 35.5 Å². The van der Waals surface area contributed by atoms with Gasteiger partial charge in [0.15, 0.2) is 0 Å². The summed E-state index contributed by atoms with van der Waals surface area (Å²) in [5, 5.41) is 0. The first kappa shape index (κ1) is 24.8. The third-order valence-corrected chi connectivity index (χ3v) is 7.21. The van der Waals surface area contributed by atoms with Crippen molar-refractivity contribution in [1.82, 2.24) is 0 Å². The van der Waals surface area contributed by atoms with Crippen LogP contribution < -0.4 is 0 Å². The van der Waals surface area contributed by atoms with Gasteiger partial charge < -0.3 is 0 Å². The van der Waals surface area contributed by atoms with E-state index in [1.165, 1.54) is 77.0 Å². The Morgan fingerprint density at radius 2 is 1.52 bits per heavy atom. The second kappa shape index (κ2) is 13.8. The summed E-state index contributed by atoms with van der Waals surface area (Å²) in [5.74, 6) is 5.41. The third-order valence-electron chi connectivity index (χ3n) is 7.21. The maximum Gasteiger partial charge on any atom is -0.0292 e. The minimum Gasteiger partial charge on any atom is -0.0850 e. The lowest BCUT2D eigenvalue weighted by Gasteiger charge is -2.28. The van der Waals surface area contributed by atoms with Gasteiger partial charge in [0.25, 0.3) is 0 Å². The summed E-state index contributed by atoms with van der Waals surface area (Å²) in [7, 11) is 0. The first-order chi connectivity index (χ1) is 12.8. The highest BCUT2D eigenvalue weighted by Gasteiger charge is 2.20. The average molecular weight is 377 g/mol. The molecule has 1 saturated carbocycles. The van der Waals surface area contributed by atoms with Crippen LogP contribution in [-0.2, 0) is 0 Å². The summed E-state index contributed by atoms with van der Waals surface area (Å²) >= 11 is 0. The predicted octanol–water partition coefficient (Wildman–Crippen LogP) is 9.44. The second-order valence-corrected chi connectivity index (χ2v) is 10.8. The highest BCUT2D eigenvalue weighted by atomic mass is 14.3. The molecule has 160 valence electrons. The van der Waals surface area contributed by atoms with E-state index < -0.39 is 0 Å². The third kappa shape index (κ3) is 11.4. The van der Waals surface area contributed by atoms with Crippen molar-refractivity contribution in [3.8, 4) is 0 Å². The predicted molar refractivity (Wildman–Crippen MR) is 124 cm³/mol. The molecule has 0 N–H and O–H groups in total. The minimum atomic E-state index is 0.830. The summed E-state index contributed by atoms with van der Waals surface area (Å²) in [4.78, 5) is 0. The second-order valence-electron chi connectivity index (χ2n) is 10.8. The fourth-order valence-corrected chi connectivity index (χ4v) is 4.87. The lowest BCUT2D eigenvalue weighted by Crippen LogP contribution is -2.14. The maximum atomic E-state index is 2.70. The summed E-state index contributed by atoms with van der Waals surface area (Å²) < 4.78 is 0. The van der Waals surface area contributed by atoms with Crippen LogP contribution in [0.4, 0.5) is 0 Å². The molecule has 0 heteroatoms. The Labute approximate surface area is 173 Å². The molecule has 0 heterocycles. The van der Waals surface area contributed by atoms with Crippen LogP contribution in [0, 0.1) is 35.5 Å². The first-order valence-electron chi connectivity index (χ1n) is 12.5. The molecule has 27 heavy (non-hydrogen) atoms. The van der Waals surface area contributed by atoms with Crippen LogP contribution in [0.15, 0.2) is 11.6 Å². The van der Waals surface area contributed by atoms with Crippen LogP contribution in [0.1, 0.15) is 126 Å². The van der Waals surface area contributed by atoms with E-state index in [1.807, 2.05) is 0 Å². The molecule has 2 atom stereocenters. The molecule has 0 spiro atoms. The molecule has 0 aromatic heterocycles. The van der Waals surface area contributed by atoms with E-state index in [0.717, 1.165) is 35.5 Å². The molecule has 1 fully saturated rings. The molecule has 0 nitrogen and oxygen atoms in total. The van der Waals surface area contributed by atoms with Crippen molar-refractivity contribution in [2.45, 2.75) is 126 Å². The topological polar surface area (TPSA) is 0 Å². The molecule has 0 amide bonds. The Hall–Kier alpha value is -0.260. The van der Waals surface area contributed by atoms with E-state index in [0.29, 0.717) is 0 Å². The first-order valence-corrected chi connectivity index (χ1v) is 12.5. The molecular formula is C27H52. The zero-order valence-corrected chi connectivity index (χ0v) is 20.0. The Bertz CT molecular complexity index is 381. The van der Waals surface area contributed by atoms with Crippen molar-refractivity contribution < 1.29 is 0 Å². The summed E-state index contributed by atoms with van der Waals surface area (Å²) in [6.07, 6.45) is 19.6. The molecule has 0 aromatic rings. The van der Waals surface area contributed by atoms with E-state index >= 15 is 0 Å². The molecule has 1 aliphatic rings. The van der Waals surface area contributed by atoms with Gasteiger partial charge in [-0.25, -0.2) is 0 Å². The number of rotatable bonds is 13. The number of hydrogen-bond acceptors (Lipinski definition) is 0. The lowest BCUT2D eigenvalue weighted by molar-refractivity contribution is 0.285. The number of hydrogen-bond donors (Lipinski definition) is 0. The van der Waals surface area contributed by atoms with Gasteiger partial charge in [0.05, 0.1) is 0 Å². The Morgan fingerprint density at radius 1 is 0.889 bits per heavy atom. The molecule has 0 bridgehead atoms. The fraction of sp³-hybridized carbons (Fsp3) is 0.926. The van der Waals surface area contributed by atoms with E-state index in [-0.39, 0.29) is 0 Å². The Kier molecular flexibility index (Phi) is 12.7. The molecule has 2 unspecified atom stereocenters. The zero-order valence-electron chi connectivity index (χ0n) is 20.0. The smallest absolute Gasteiger partial charge is 0.0292 e. The highest BCUT2D eigenvalue weighted by molar-refractivity contribution is 5.05. The summed E-state index contributed by atoms with van der Waals surface area (Å²) in [6, 6.07) is 0. The lowest BCUT2D eigenvalue weighted by atomic mass is 9.78. The van der Waals surface area contributed by atoms with Crippen LogP contribution in [0.2, 0.25) is 0 Å². The van der Waals surface area contributed by atoms with Crippen molar-refractivity contribution in [3.63, 3.8) is 0 Å². The summed E-state index contributed by atoms with van der Waals surface area (Å²) in [5.41, 5.74) is 1.80. The normalized spacial score (nSPS) is 23.8. The van der Waals surface area contributed by atoms with Gasteiger partial charge >= 0.3 is 0 Å². The van der Waals surface area contributed by atoms with Gasteiger partial charge in [-0.1, -0.05) is 98.6 Å². The van der Waals surface area contributed by atoms with Crippen LogP contribution >= 0.6 is 0 Å². The molecule has 0 radical (unpaired) electrons. The number of allylic oxidation sites excluding steroid dienone is 2. The summed E-state index contributed by atoms with van der Waals surface area (Å²) in [6.45, 7) is 16.8. The molecule has 0 saturated heterocycles. The van der Waals surface area contributed by atoms with Crippen LogP contribution in [-0.4, -0.2) is 0 Å². The quantitative estimate of drug-likeness (QED) is 0.281. The minimum absolute atomic E-state index is 0.830. The average Bonchev–Trinajstić information content (AvgIpc) is 2.61. The molecule has 1 aliphatic carbocycles. The Balaban J connectivity index is 2.58.